The zero-order valence-corrected chi connectivity index (χ0v) is 17.7. The van der Waals surface area contributed by atoms with Gasteiger partial charge in [0.2, 0.25) is 10.0 Å². The monoisotopic (exact) mass is 394 g/mol. The highest BCUT2D eigenvalue weighted by molar-refractivity contribution is 7.89. The summed E-state index contributed by atoms with van der Waals surface area (Å²) in [4.78, 5) is 7.36. The Morgan fingerprint density at radius 2 is 1.89 bits per heavy atom. The van der Waals surface area contributed by atoms with Crippen LogP contribution in [0.4, 0.5) is 0 Å². The summed E-state index contributed by atoms with van der Waals surface area (Å²) in [5.74, 6) is 1.38. The molecule has 0 radical (unpaired) electrons. The van der Waals surface area contributed by atoms with E-state index in [1.165, 1.54) is 0 Å². The summed E-state index contributed by atoms with van der Waals surface area (Å²) in [6.07, 6.45) is 4.02. The van der Waals surface area contributed by atoms with E-state index in [-0.39, 0.29) is 0 Å². The molecule has 7 heteroatoms. The topological polar surface area (TPSA) is 65.0 Å². The molecule has 1 saturated heterocycles. The summed E-state index contributed by atoms with van der Waals surface area (Å²) < 4.78 is 27.0. The molecule has 0 saturated carbocycles. The van der Waals surface area contributed by atoms with E-state index in [1.807, 2.05) is 6.07 Å². The third-order valence-corrected chi connectivity index (χ3v) is 6.91. The molecule has 1 fully saturated rings. The van der Waals surface area contributed by atoms with Gasteiger partial charge in [-0.2, -0.15) is 4.31 Å². The van der Waals surface area contributed by atoms with Crippen LogP contribution in [0.5, 0.6) is 0 Å². The van der Waals surface area contributed by atoms with E-state index in [9.17, 15) is 8.42 Å². The van der Waals surface area contributed by atoms with Crippen LogP contribution in [0.15, 0.2) is 40.2 Å². The predicted molar refractivity (Wildman–Crippen MR) is 111 cm³/mol. The van der Waals surface area contributed by atoms with Gasteiger partial charge in [-0.25, -0.2) is 8.42 Å². The summed E-state index contributed by atoms with van der Waals surface area (Å²) in [5.41, 5.74) is 0. The quantitative estimate of drug-likeness (QED) is 0.544. The Balaban J connectivity index is 1.91. The van der Waals surface area contributed by atoms with Gasteiger partial charge in [-0.1, -0.05) is 31.5 Å². The molecular formula is C20H34N4O2S. The molecule has 1 N–H and O–H groups in total. The van der Waals surface area contributed by atoms with Gasteiger partial charge in [-0.3, -0.25) is 4.99 Å². The molecular weight excluding hydrogens is 360 g/mol. The van der Waals surface area contributed by atoms with Crippen LogP contribution in [0.2, 0.25) is 0 Å². The fraction of sp³-hybridized carbons (Fsp3) is 0.650. The second kappa shape index (κ2) is 10.7. The first-order valence-electron chi connectivity index (χ1n) is 10.0. The molecule has 27 heavy (non-hydrogen) atoms. The Morgan fingerprint density at radius 1 is 1.22 bits per heavy atom. The first-order valence-corrected chi connectivity index (χ1v) is 11.5. The minimum absolute atomic E-state index is 0.383. The smallest absolute Gasteiger partial charge is 0.243 e. The van der Waals surface area contributed by atoms with Crippen molar-refractivity contribution in [2.75, 3.05) is 39.8 Å². The van der Waals surface area contributed by atoms with Gasteiger partial charge in [0.05, 0.1) is 4.90 Å². The molecule has 1 aromatic carbocycles. The van der Waals surface area contributed by atoms with Gasteiger partial charge in [-0.05, 0) is 44.2 Å². The number of piperidine rings is 1. The maximum atomic E-state index is 12.7. The molecule has 1 heterocycles. The number of guanidine groups is 1. The number of sulfonamides is 1. The highest BCUT2D eigenvalue weighted by atomic mass is 32.2. The van der Waals surface area contributed by atoms with Gasteiger partial charge >= 0.3 is 0 Å². The third-order valence-electron chi connectivity index (χ3n) is 5.00. The van der Waals surface area contributed by atoms with E-state index < -0.39 is 10.0 Å². The average molecular weight is 395 g/mol. The summed E-state index contributed by atoms with van der Waals surface area (Å²) >= 11 is 0. The average Bonchev–Trinajstić information content (AvgIpc) is 2.70. The first kappa shape index (κ1) is 21.7. The fourth-order valence-electron chi connectivity index (χ4n) is 3.26. The second-order valence-electron chi connectivity index (χ2n) is 7.13. The van der Waals surface area contributed by atoms with Gasteiger partial charge in [0.25, 0.3) is 0 Å². The lowest BCUT2D eigenvalue weighted by atomic mass is 9.98. The predicted octanol–water partition coefficient (Wildman–Crippen LogP) is 2.78. The lowest BCUT2D eigenvalue weighted by Gasteiger charge is -2.31. The van der Waals surface area contributed by atoms with Crippen LogP contribution in [0.1, 0.15) is 39.5 Å². The Kier molecular flexibility index (Phi) is 8.57. The van der Waals surface area contributed by atoms with Crippen molar-refractivity contribution in [1.29, 1.82) is 0 Å². The molecule has 0 aliphatic carbocycles. The Labute approximate surface area is 164 Å². The van der Waals surface area contributed by atoms with E-state index in [0.29, 0.717) is 23.9 Å². The number of hydrogen-bond donors (Lipinski definition) is 1. The molecule has 1 aliphatic heterocycles. The normalized spacial score (nSPS) is 17.1. The molecule has 1 aromatic rings. The van der Waals surface area contributed by atoms with Crippen LogP contribution >= 0.6 is 0 Å². The van der Waals surface area contributed by atoms with Crippen LogP contribution in [-0.2, 0) is 10.0 Å². The largest absolute Gasteiger partial charge is 0.357 e. The van der Waals surface area contributed by atoms with Crippen LogP contribution in [0.25, 0.3) is 0 Å². The third kappa shape index (κ3) is 6.21. The summed E-state index contributed by atoms with van der Waals surface area (Å²) in [7, 11) is -1.30. The minimum atomic E-state index is -3.37. The highest BCUT2D eigenvalue weighted by Crippen LogP contribution is 2.23. The molecule has 1 aliphatic rings. The second-order valence-corrected chi connectivity index (χ2v) is 9.07. The van der Waals surface area contributed by atoms with Crippen LogP contribution < -0.4 is 5.32 Å². The minimum Gasteiger partial charge on any atom is -0.357 e. The van der Waals surface area contributed by atoms with E-state index in [2.05, 4.69) is 31.1 Å². The maximum Gasteiger partial charge on any atom is 0.243 e. The van der Waals surface area contributed by atoms with Gasteiger partial charge in [-0.15, -0.1) is 0 Å². The maximum absolute atomic E-state index is 12.7. The molecule has 152 valence electrons. The zero-order valence-electron chi connectivity index (χ0n) is 16.9. The standard InChI is InChI=1S/C20H34N4O2S/c1-4-6-14-23(3)20(21-5-2)22-17-18-12-15-24(16-13-18)27(25,26)19-10-8-7-9-11-19/h7-11,18H,4-6,12-17H2,1-3H3,(H,21,22). The Hall–Kier alpha value is -1.60. The Bertz CT molecular complexity index is 683. The van der Waals surface area contributed by atoms with Crippen LogP contribution in [0.3, 0.4) is 0 Å². The summed E-state index contributed by atoms with van der Waals surface area (Å²) in [5, 5.41) is 3.36. The molecule has 6 nitrogen and oxygen atoms in total. The van der Waals surface area contributed by atoms with Crippen LogP contribution in [0, 0.1) is 5.92 Å². The number of aliphatic imine (C=N–C) groups is 1. The fourth-order valence-corrected chi connectivity index (χ4v) is 4.75. The molecule has 0 spiro atoms. The van der Waals surface area contributed by atoms with Crippen molar-refractivity contribution < 1.29 is 8.42 Å². The van der Waals surface area contributed by atoms with Crippen molar-refractivity contribution >= 4 is 16.0 Å². The van der Waals surface area contributed by atoms with Gasteiger partial charge in [0.1, 0.15) is 0 Å². The van der Waals surface area contributed by atoms with Gasteiger partial charge in [0.15, 0.2) is 5.96 Å². The van der Waals surface area contributed by atoms with E-state index in [0.717, 1.165) is 51.3 Å². The number of benzene rings is 1. The Morgan fingerprint density at radius 3 is 2.48 bits per heavy atom. The van der Waals surface area contributed by atoms with Crippen molar-refractivity contribution in [3.05, 3.63) is 30.3 Å². The lowest BCUT2D eigenvalue weighted by Crippen LogP contribution is -2.41. The number of rotatable bonds is 8. The molecule has 2 rings (SSSR count). The molecule has 0 atom stereocenters. The number of nitrogens with zero attached hydrogens (tertiary/aromatic N) is 3. The molecule has 0 unspecified atom stereocenters. The number of nitrogens with one attached hydrogen (secondary N) is 1. The summed E-state index contributed by atoms with van der Waals surface area (Å²) in [6.45, 7) is 8.00. The number of hydrogen-bond acceptors (Lipinski definition) is 3. The van der Waals surface area contributed by atoms with Gasteiger partial charge < -0.3 is 10.2 Å². The highest BCUT2D eigenvalue weighted by Gasteiger charge is 2.29. The van der Waals surface area contributed by atoms with E-state index in [1.54, 1.807) is 28.6 Å². The summed E-state index contributed by atoms with van der Waals surface area (Å²) in [6, 6.07) is 8.71. The molecule has 0 aromatic heterocycles. The van der Waals surface area contributed by atoms with Crippen molar-refractivity contribution in [2.45, 2.75) is 44.4 Å². The zero-order chi connectivity index (χ0) is 19.7. The van der Waals surface area contributed by atoms with Crippen molar-refractivity contribution in [2.24, 2.45) is 10.9 Å². The van der Waals surface area contributed by atoms with Crippen molar-refractivity contribution in [3.63, 3.8) is 0 Å². The lowest BCUT2D eigenvalue weighted by molar-refractivity contribution is 0.278. The van der Waals surface area contributed by atoms with E-state index in [4.69, 9.17) is 4.99 Å². The van der Waals surface area contributed by atoms with Crippen molar-refractivity contribution in [3.8, 4) is 0 Å². The number of unbranched alkanes of at least 4 members (excludes halogenated alkanes) is 1. The van der Waals surface area contributed by atoms with Gasteiger partial charge in [0, 0.05) is 39.8 Å². The first-order chi connectivity index (χ1) is 13.0. The van der Waals surface area contributed by atoms with Crippen LogP contribution in [-0.4, -0.2) is 63.4 Å². The SMILES string of the molecule is CCCCN(C)C(=NCC1CCN(S(=O)(=O)c2ccccc2)CC1)NCC. The van der Waals surface area contributed by atoms with Crippen molar-refractivity contribution in [1.82, 2.24) is 14.5 Å². The molecule has 0 amide bonds. The van der Waals surface area contributed by atoms with E-state index >= 15 is 0 Å². The molecule has 0 bridgehead atoms.